The normalized spacial score (nSPS) is 30.9. The van der Waals surface area contributed by atoms with Crippen LogP contribution in [-0.4, -0.2) is 64.1 Å². The molecular weight excluding hydrogens is 500 g/mol. The Morgan fingerprint density at radius 1 is 1.26 bits per heavy atom. The van der Waals surface area contributed by atoms with Crippen molar-refractivity contribution in [2.24, 2.45) is 17.8 Å². The number of hydrogen-bond donors (Lipinski definition) is 2. The molecule has 0 aliphatic carbocycles. The van der Waals surface area contributed by atoms with Crippen LogP contribution in [0.5, 0.6) is 0 Å². The highest BCUT2D eigenvalue weighted by molar-refractivity contribution is 5.95. The number of aliphatic hydroxyl groups excluding tert-OH is 1. The van der Waals surface area contributed by atoms with Crippen LogP contribution in [0.2, 0.25) is 0 Å². The molecule has 1 unspecified atom stereocenters. The molecular formula is C29H38N4O6. The van der Waals surface area contributed by atoms with E-state index >= 15 is 0 Å². The Hall–Kier alpha value is -3.71. The maximum Gasteiger partial charge on any atom is 0.329 e. The van der Waals surface area contributed by atoms with E-state index in [2.05, 4.69) is 16.4 Å². The first-order valence-electron chi connectivity index (χ1n) is 13.4. The number of rotatable bonds is 1. The van der Waals surface area contributed by atoms with Gasteiger partial charge in [0.2, 0.25) is 5.91 Å². The average Bonchev–Trinajstić information content (AvgIpc) is 3.57. The van der Waals surface area contributed by atoms with Gasteiger partial charge in [0.25, 0.3) is 5.91 Å². The largest absolute Gasteiger partial charge is 0.460 e. The predicted molar refractivity (Wildman–Crippen MR) is 143 cm³/mol. The number of nitriles is 1. The molecule has 0 saturated carbocycles. The van der Waals surface area contributed by atoms with Crippen LogP contribution in [0.4, 0.5) is 0 Å². The third-order valence-corrected chi connectivity index (χ3v) is 6.90. The smallest absolute Gasteiger partial charge is 0.329 e. The van der Waals surface area contributed by atoms with Crippen molar-refractivity contribution in [2.45, 2.75) is 71.6 Å². The van der Waals surface area contributed by atoms with Crippen molar-refractivity contribution in [2.75, 3.05) is 13.1 Å². The molecule has 0 spiro atoms. The number of hydrogen-bond acceptors (Lipinski definition) is 8. The monoisotopic (exact) mass is 538 g/mol. The fraction of sp³-hybridized carbons (Fsp3) is 0.552. The maximum absolute atomic E-state index is 13.3. The zero-order chi connectivity index (χ0) is 28.5. The van der Waals surface area contributed by atoms with Crippen LogP contribution in [0.3, 0.4) is 0 Å². The molecule has 2 N–H and O–H groups in total. The highest BCUT2D eigenvalue weighted by Crippen LogP contribution is 2.25. The molecule has 2 aliphatic heterocycles. The van der Waals surface area contributed by atoms with Crippen LogP contribution < -0.4 is 5.32 Å². The summed E-state index contributed by atoms with van der Waals surface area (Å²) in [6, 6.07) is 1.41. The van der Waals surface area contributed by atoms with Gasteiger partial charge in [-0.2, -0.15) is 5.26 Å². The summed E-state index contributed by atoms with van der Waals surface area (Å²) in [6.07, 6.45) is 9.62. The Morgan fingerprint density at radius 2 is 2.03 bits per heavy atom. The Kier molecular flexibility index (Phi) is 10.6. The Balaban J connectivity index is 1.87. The maximum atomic E-state index is 13.3. The molecule has 1 aromatic heterocycles. The van der Waals surface area contributed by atoms with Crippen LogP contribution >= 0.6 is 0 Å². The highest BCUT2D eigenvalue weighted by Gasteiger charge is 2.38. The van der Waals surface area contributed by atoms with Gasteiger partial charge >= 0.3 is 5.97 Å². The molecule has 39 heavy (non-hydrogen) atoms. The van der Waals surface area contributed by atoms with Crippen molar-refractivity contribution in [1.29, 1.82) is 5.26 Å². The number of esters is 1. The number of carbonyl (C=O) groups excluding carboxylic acids is 3. The van der Waals surface area contributed by atoms with Crippen LogP contribution in [0.1, 0.15) is 63.3 Å². The lowest BCUT2D eigenvalue weighted by molar-refractivity contribution is -0.158. The lowest BCUT2D eigenvalue weighted by Crippen LogP contribution is -2.44. The molecule has 2 aliphatic rings. The van der Waals surface area contributed by atoms with E-state index in [0.717, 1.165) is 5.57 Å². The summed E-state index contributed by atoms with van der Waals surface area (Å²) in [5.41, 5.74) is 0.839. The minimum atomic E-state index is -0.874. The van der Waals surface area contributed by atoms with E-state index in [9.17, 15) is 24.8 Å². The van der Waals surface area contributed by atoms with E-state index in [1.165, 1.54) is 17.2 Å². The molecule has 5 atom stereocenters. The molecule has 3 heterocycles. The lowest BCUT2D eigenvalue weighted by atomic mass is 9.94. The molecule has 3 rings (SSSR count). The summed E-state index contributed by atoms with van der Waals surface area (Å²) >= 11 is 0. The second-order valence-corrected chi connectivity index (χ2v) is 10.5. The summed E-state index contributed by atoms with van der Waals surface area (Å²) in [7, 11) is 0. The molecule has 1 fully saturated rings. The zero-order valence-electron chi connectivity index (χ0n) is 23.0. The minimum Gasteiger partial charge on any atom is -0.460 e. The minimum absolute atomic E-state index is 0.0177. The summed E-state index contributed by atoms with van der Waals surface area (Å²) in [4.78, 5) is 44.5. The van der Waals surface area contributed by atoms with E-state index in [1.54, 1.807) is 24.3 Å². The number of nitrogens with zero attached hydrogens (tertiary/aromatic N) is 3. The number of ether oxygens (including phenoxy) is 1. The predicted octanol–water partition coefficient (Wildman–Crippen LogP) is 3.10. The number of fused-ring (bicyclic) bond motifs is 3. The quantitative estimate of drug-likeness (QED) is 0.519. The van der Waals surface area contributed by atoms with E-state index in [0.29, 0.717) is 25.9 Å². The van der Waals surface area contributed by atoms with Gasteiger partial charge in [-0.1, -0.05) is 50.6 Å². The highest BCUT2D eigenvalue weighted by atomic mass is 16.5. The van der Waals surface area contributed by atoms with Crippen LogP contribution in [-0.2, 0) is 20.7 Å². The standard InChI is InChI=1S/C29H38N4O6/c1-18(2)27-20(4)9-10-25(35)31-11-5-7-19(3)13-22(34)14-21(16-30)15-26-32-23(17-38-26)28(36)33-12-6-8-24(33)29(37)39-27/h5,7,9-10,13,17-18,20-22,24,27,34H,6,8,11-12,14-15H2,1-4H3,(H,31,35)/b7-5+,10-9+,19-13+/t20-,21+,22-,24?,27-/m1/s1. The van der Waals surface area contributed by atoms with E-state index in [4.69, 9.17) is 9.15 Å². The fourth-order valence-electron chi connectivity index (χ4n) is 4.89. The van der Waals surface area contributed by atoms with Crippen molar-refractivity contribution in [3.8, 4) is 6.07 Å². The Labute approximate surface area is 229 Å². The van der Waals surface area contributed by atoms with Gasteiger partial charge in [0.15, 0.2) is 11.6 Å². The molecule has 2 bridgehead atoms. The van der Waals surface area contributed by atoms with E-state index in [-0.39, 0.29) is 42.2 Å². The summed E-state index contributed by atoms with van der Waals surface area (Å²) in [5, 5.41) is 22.8. The fourth-order valence-corrected chi connectivity index (χ4v) is 4.89. The van der Waals surface area contributed by atoms with Crippen molar-refractivity contribution in [1.82, 2.24) is 15.2 Å². The second kappa shape index (κ2) is 13.9. The van der Waals surface area contributed by atoms with Gasteiger partial charge < -0.3 is 24.5 Å². The number of aromatic nitrogens is 1. The van der Waals surface area contributed by atoms with Gasteiger partial charge in [-0.3, -0.25) is 9.59 Å². The molecule has 210 valence electrons. The van der Waals surface area contributed by atoms with Crippen molar-refractivity contribution < 1.29 is 28.6 Å². The van der Waals surface area contributed by atoms with Gasteiger partial charge in [-0.25, -0.2) is 9.78 Å². The van der Waals surface area contributed by atoms with Crippen LogP contribution in [0.15, 0.2) is 46.6 Å². The third-order valence-electron chi connectivity index (χ3n) is 6.90. The lowest BCUT2D eigenvalue weighted by Gasteiger charge is -2.29. The summed E-state index contributed by atoms with van der Waals surface area (Å²) in [5.74, 6) is -1.84. The molecule has 0 radical (unpaired) electrons. The number of amides is 2. The summed E-state index contributed by atoms with van der Waals surface area (Å²) in [6.45, 7) is 8.25. The number of cyclic esters (lactones) is 1. The van der Waals surface area contributed by atoms with Gasteiger partial charge in [0.1, 0.15) is 18.4 Å². The second-order valence-electron chi connectivity index (χ2n) is 10.5. The van der Waals surface area contributed by atoms with E-state index < -0.39 is 36.0 Å². The topological polar surface area (TPSA) is 146 Å². The summed E-state index contributed by atoms with van der Waals surface area (Å²) < 4.78 is 11.4. The Bertz CT molecular complexity index is 1160. The number of aliphatic hydroxyl groups is 1. The van der Waals surface area contributed by atoms with Gasteiger partial charge in [-0.15, -0.1) is 0 Å². The molecule has 2 amide bonds. The molecule has 1 saturated heterocycles. The molecule has 10 nitrogen and oxygen atoms in total. The number of oxazole rings is 1. The number of carbonyl (C=O) groups is 3. The van der Waals surface area contributed by atoms with Gasteiger partial charge in [0.05, 0.1) is 18.1 Å². The van der Waals surface area contributed by atoms with Crippen molar-refractivity contribution in [3.05, 3.63) is 53.8 Å². The average molecular weight is 539 g/mol. The van der Waals surface area contributed by atoms with Gasteiger partial charge in [0, 0.05) is 25.4 Å². The molecule has 10 heteroatoms. The van der Waals surface area contributed by atoms with Crippen molar-refractivity contribution >= 4 is 17.8 Å². The van der Waals surface area contributed by atoms with Crippen molar-refractivity contribution in [3.63, 3.8) is 0 Å². The Morgan fingerprint density at radius 3 is 2.74 bits per heavy atom. The van der Waals surface area contributed by atoms with Crippen LogP contribution in [0, 0.1) is 29.1 Å². The van der Waals surface area contributed by atoms with Crippen LogP contribution in [0.25, 0.3) is 0 Å². The zero-order valence-corrected chi connectivity index (χ0v) is 23.0. The number of allylic oxidation sites excluding steroid dienone is 2. The first-order valence-corrected chi connectivity index (χ1v) is 13.4. The third kappa shape index (κ3) is 8.39. The van der Waals surface area contributed by atoms with Gasteiger partial charge in [-0.05, 0) is 38.2 Å². The first-order chi connectivity index (χ1) is 18.6. The van der Waals surface area contributed by atoms with E-state index in [1.807, 2.05) is 27.7 Å². The molecule has 0 aromatic carbocycles. The number of nitrogens with one attached hydrogen (secondary N) is 1. The SMILES string of the molecule is CC1=C\[C@@H](O)C[C@H](C#N)Cc2nc(co2)C(=O)N2CCCC2C(=O)O[C@H](C(C)C)[C@H](C)/C=C/C(=O)NC\C=C\1. The first kappa shape index (κ1) is 29.8. The molecule has 1 aromatic rings.